The highest BCUT2D eigenvalue weighted by molar-refractivity contribution is 7.99. The van der Waals surface area contributed by atoms with E-state index in [0.29, 0.717) is 24.0 Å². The number of aromatic amines is 1. The molecule has 1 aliphatic rings. The van der Waals surface area contributed by atoms with Crippen LogP contribution in [0.4, 0.5) is 0 Å². The molecule has 0 spiro atoms. The van der Waals surface area contributed by atoms with E-state index in [0.717, 1.165) is 25.7 Å². The fourth-order valence-corrected chi connectivity index (χ4v) is 4.40. The Bertz CT molecular complexity index is 540. The molecule has 118 valence electrons. The van der Waals surface area contributed by atoms with Crippen LogP contribution >= 0.6 is 11.8 Å². The summed E-state index contributed by atoms with van der Waals surface area (Å²) < 4.78 is 1.61. The predicted octanol–water partition coefficient (Wildman–Crippen LogP) is 2.35. The highest BCUT2D eigenvalue weighted by Crippen LogP contribution is 2.40. The van der Waals surface area contributed by atoms with Gasteiger partial charge in [0.15, 0.2) is 5.16 Å². The van der Waals surface area contributed by atoms with Crippen molar-refractivity contribution < 1.29 is 9.90 Å². The molecule has 1 aromatic rings. The number of H-pyrrole nitrogens is 1. The fraction of sp³-hybridized carbons (Fsp3) is 0.786. The van der Waals surface area contributed by atoms with Gasteiger partial charge in [-0.15, -0.1) is 5.10 Å². The van der Waals surface area contributed by atoms with Gasteiger partial charge in [0.25, 0.3) is 0 Å². The molecule has 0 amide bonds. The van der Waals surface area contributed by atoms with Gasteiger partial charge in [-0.25, -0.2) is 9.89 Å². The number of hydrogen-bond acceptors (Lipinski definition) is 4. The maximum atomic E-state index is 11.7. The molecule has 2 N–H and O–H groups in total. The summed E-state index contributed by atoms with van der Waals surface area (Å²) in [6.07, 6.45) is 4.50. The molecule has 3 unspecified atom stereocenters. The van der Waals surface area contributed by atoms with E-state index in [1.807, 2.05) is 6.92 Å². The molecule has 1 heterocycles. The van der Waals surface area contributed by atoms with Crippen LogP contribution in [0.5, 0.6) is 0 Å². The fourth-order valence-electron chi connectivity index (χ4n) is 2.94. The van der Waals surface area contributed by atoms with Crippen LogP contribution in [-0.4, -0.2) is 31.1 Å². The van der Waals surface area contributed by atoms with E-state index in [9.17, 15) is 14.7 Å². The lowest BCUT2D eigenvalue weighted by Crippen LogP contribution is -2.33. The number of nitrogens with zero attached hydrogens (tertiary/aromatic N) is 2. The molecule has 0 aliphatic heterocycles. The van der Waals surface area contributed by atoms with E-state index < -0.39 is 5.97 Å². The lowest BCUT2D eigenvalue weighted by atomic mass is 9.80. The number of aliphatic carboxylic acids is 1. The molecular weight excluding hydrogens is 290 g/mol. The predicted molar refractivity (Wildman–Crippen MR) is 81.5 cm³/mol. The number of nitrogens with one attached hydrogen (secondary N) is 1. The number of aromatic nitrogens is 3. The summed E-state index contributed by atoms with van der Waals surface area (Å²) in [6, 6.07) is 0. The first kappa shape index (κ1) is 16.1. The van der Waals surface area contributed by atoms with Crippen molar-refractivity contribution in [1.29, 1.82) is 0 Å². The zero-order chi connectivity index (χ0) is 15.4. The average molecular weight is 313 g/mol. The molecule has 7 heteroatoms. The van der Waals surface area contributed by atoms with Crippen LogP contribution in [0.25, 0.3) is 0 Å². The van der Waals surface area contributed by atoms with Gasteiger partial charge >= 0.3 is 11.7 Å². The van der Waals surface area contributed by atoms with E-state index in [4.69, 9.17) is 0 Å². The molecule has 3 atom stereocenters. The van der Waals surface area contributed by atoms with Crippen LogP contribution < -0.4 is 5.69 Å². The van der Waals surface area contributed by atoms with Gasteiger partial charge in [-0.3, -0.25) is 9.36 Å². The number of thioether (sulfide) groups is 1. The van der Waals surface area contributed by atoms with Crippen molar-refractivity contribution >= 4 is 17.7 Å². The molecule has 2 rings (SSSR count). The molecule has 0 radical (unpaired) electrons. The SMILES string of the molecule is CCCn1c(SC2CC(CC)CCC2C(=O)O)n[nH]c1=O. The van der Waals surface area contributed by atoms with Gasteiger partial charge in [0, 0.05) is 11.8 Å². The molecule has 0 bridgehead atoms. The van der Waals surface area contributed by atoms with Crippen LogP contribution in [0.1, 0.15) is 46.0 Å². The minimum absolute atomic E-state index is 0.00740. The Balaban J connectivity index is 2.17. The molecule has 6 nitrogen and oxygen atoms in total. The normalized spacial score (nSPS) is 25.9. The number of carbonyl (C=O) groups is 1. The van der Waals surface area contributed by atoms with Gasteiger partial charge in [-0.1, -0.05) is 32.0 Å². The van der Waals surface area contributed by atoms with Crippen molar-refractivity contribution in [2.24, 2.45) is 11.8 Å². The third kappa shape index (κ3) is 3.70. The molecule has 1 aliphatic carbocycles. The summed E-state index contributed by atoms with van der Waals surface area (Å²) in [6.45, 7) is 4.76. The van der Waals surface area contributed by atoms with Crippen LogP contribution in [-0.2, 0) is 11.3 Å². The van der Waals surface area contributed by atoms with Crippen LogP contribution in [0.15, 0.2) is 9.95 Å². The second kappa shape index (κ2) is 7.15. The van der Waals surface area contributed by atoms with Gasteiger partial charge in [0.05, 0.1) is 5.92 Å². The zero-order valence-corrected chi connectivity index (χ0v) is 13.4. The summed E-state index contributed by atoms with van der Waals surface area (Å²) in [5.41, 5.74) is -0.214. The first-order chi connectivity index (χ1) is 10.1. The van der Waals surface area contributed by atoms with Crippen molar-refractivity contribution in [3.05, 3.63) is 10.5 Å². The smallest absolute Gasteiger partial charge is 0.343 e. The van der Waals surface area contributed by atoms with Crippen molar-refractivity contribution in [3.8, 4) is 0 Å². The number of carboxylic acid groups (broad SMARTS) is 1. The van der Waals surface area contributed by atoms with Crippen molar-refractivity contribution in [2.75, 3.05) is 0 Å². The van der Waals surface area contributed by atoms with Crippen LogP contribution in [0.3, 0.4) is 0 Å². The molecule has 1 aromatic heterocycles. The largest absolute Gasteiger partial charge is 0.481 e. The second-order valence-electron chi connectivity index (χ2n) is 5.65. The Morgan fingerprint density at radius 3 is 2.86 bits per heavy atom. The maximum Gasteiger partial charge on any atom is 0.343 e. The highest BCUT2D eigenvalue weighted by atomic mass is 32.2. The van der Waals surface area contributed by atoms with Crippen molar-refractivity contribution in [3.63, 3.8) is 0 Å². The molecule has 0 aromatic carbocycles. The van der Waals surface area contributed by atoms with Crippen LogP contribution in [0, 0.1) is 11.8 Å². The first-order valence-corrected chi connectivity index (χ1v) is 8.49. The summed E-state index contributed by atoms with van der Waals surface area (Å²) in [5, 5.41) is 16.6. The summed E-state index contributed by atoms with van der Waals surface area (Å²) in [4.78, 5) is 23.2. The van der Waals surface area contributed by atoms with E-state index in [-0.39, 0.29) is 16.9 Å². The number of carboxylic acids is 1. The van der Waals surface area contributed by atoms with Gasteiger partial charge < -0.3 is 5.11 Å². The molecular formula is C14H23N3O3S. The average Bonchev–Trinajstić information content (AvgIpc) is 2.80. The summed E-state index contributed by atoms with van der Waals surface area (Å²) >= 11 is 1.45. The monoisotopic (exact) mass is 313 g/mol. The lowest BCUT2D eigenvalue weighted by molar-refractivity contribution is -0.142. The standard InChI is InChI=1S/C14H23N3O3S/c1-3-7-17-13(20)15-16-14(17)21-11-8-9(4-2)5-6-10(11)12(18)19/h9-11H,3-8H2,1-2H3,(H,15,20)(H,18,19). The van der Waals surface area contributed by atoms with Gasteiger partial charge in [-0.2, -0.15) is 0 Å². The molecule has 0 saturated heterocycles. The summed E-state index contributed by atoms with van der Waals surface area (Å²) in [5.74, 6) is -0.509. The van der Waals surface area contributed by atoms with E-state index in [2.05, 4.69) is 17.1 Å². The number of hydrogen-bond donors (Lipinski definition) is 2. The quantitative estimate of drug-likeness (QED) is 0.841. The first-order valence-electron chi connectivity index (χ1n) is 7.61. The third-order valence-corrected chi connectivity index (χ3v) is 5.57. The Kier molecular flexibility index (Phi) is 5.50. The topological polar surface area (TPSA) is 88.0 Å². The van der Waals surface area contributed by atoms with E-state index >= 15 is 0 Å². The van der Waals surface area contributed by atoms with Gasteiger partial charge in [0.2, 0.25) is 0 Å². The van der Waals surface area contributed by atoms with Gasteiger partial charge in [0.1, 0.15) is 0 Å². The Hall–Kier alpha value is -1.24. The van der Waals surface area contributed by atoms with E-state index in [1.54, 1.807) is 4.57 Å². The minimum Gasteiger partial charge on any atom is -0.481 e. The lowest BCUT2D eigenvalue weighted by Gasteiger charge is -2.32. The molecule has 1 fully saturated rings. The Morgan fingerprint density at radius 2 is 2.24 bits per heavy atom. The summed E-state index contributed by atoms with van der Waals surface area (Å²) in [7, 11) is 0. The zero-order valence-electron chi connectivity index (χ0n) is 12.5. The minimum atomic E-state index is -0.734. The van der Waals surface area contributed by atoms with Crippen molar-refractivity contribution in [1.82, 2.24) is 14.8 Å². The second-order valence-corrected chi connectivity index (χ2v) is 6.86. The highest BCUT2D eigenvalue weighted by Gasteiger charge is 2.36. The van der Waals surface area contributed by atoms with Crippen LogP contribution in [0.2, 0.25) is 0 Å². The van der Waals surface area contributed by atoms with Gasteiger partial charge in [-0.05, 0) is 31.6 Å². The maximum absolute atomic E-state index is 11.7. The number of rotatable bonds is 6. The Morgan fingerprint density at radius 1 is 1.48 bits per heavy atom. The van der Waals surface area contributed by atoms with E-state index in [1.165, 1.54) is 11.8 Å². The third-order valence-electron chi connectivity index (χ3n) is 4.22. The Labute approximate surface area is 128 Å². The molecule has 1 saturated carbocycles. The van der Waals surface area contributed by atoms with Crippen molar-refractivity contribution in [2.45, 2.75) is 62.9 Å². The molecule has 21 heavy (non-hydrogen) atoms.